The van der Waals surface area contributed by atoms with E-state index in [2.05, 4.69) is 25.7 Å². The molecule has 2 aromatic rings. The van der Waals surface area contributed by atoms with Gasteiger partial charge in [-0.3, -0.25) is 5.43 Å². The molecule has 0 aliphatic carbocycles. The predicted octanol–water partition coefficient (Wildman–Crippen LogP) is 2.23. The van der Waals surface area contributed by atoms with Gasteiger partial charge >= 0.3 is 5.69 Å². The maximum Gasteiger partial charge on any atom is 0.363 e. The Hall–Kier alpha value is -1.92. The zero-order chi connectivity index (χ0) is 13.8. The molecular formula is C11H9Cl2N5O. The van der Waals surface area contributed by atoms with Gasteiger partial charge < -0.3 is 0 Å². The van der Waals surface area contributed by atoms with E-state index in [4.69, 9.17) is 23.2 Å². The first-order valence-corrected chi connectivity index (χ1v) is 5.99. The summed E-state index contributed by atoms with van der Waals surface area (Å²) in [4.78, 5) is 14.7. The van der Waals surface area contributed by atoms with Crippen LogP contribution in [0.4, 0.5) is 5.82 Å². The molecule has 8 heteroatoms. The molecule has 19 heavy (non-hydrogen) atoms. The Bertz CT molecular complexity index is 683. The van der Waals surface area contributed by atoms with Crippen molar-refractivity contribution < 1.29 is 0 Å². The minimum Gasteiger partial charge on any atom is -0.260 e. The molecular weight excluding hydrogens is 289 g/mol. The number of H-pyrrole nitrogens is 1. The fourth-order valence-corrected chi connectivity index (χ4v) is 1.57. The molecule has 0 spiro atoms. The quantitative estimate of drug-likeness (QED) is 0.672. The minimum absolute atomic E-state index is 0.292. The number of halogens is 2. The predicted molar refractivity (Wildman–Crippen MR) is 75.1 cm³/mol. The van der Waals surface area contributed by atoms with Gasteiger partial charge in [-0.05, 0) is 24.6 Å². The van der Waals surface area contributed by atoms with Gasteiger partial charge in [0.2, 0.25) is 0 Å². The fourth-order valence-electron chi connectivity index (χ4n) is 1.26. The number of aryl methyl sites for hydroxylation is 1. The second kappa shape index (κ2) is 5.81. The summed E-state index contributed by atoms with van der Waals surface area (Å²) in [6.45, 7) is 1.69. The van der Waals surface area contributed by atoms with Crippen molar-refractivity contribution in [3.63, 3.8) is 0 Å². The summed E-state index contributed by atoms with van der Waals surface area (Å²) in [5, 5.41) is 10.8. The van der Waals surface area contributed by atoms with E-state index in [0.29, 0.717) is 21.6 Å². The lowest BCUT2D eigenvalue weighted by Gasteiger charge is -2.01. The maximum absolute atomic E-state index is 11.0. The van der Waals surface area contributed by atoms with Crippen LogP contribution in [0.2, 0.25) is 10.0 Å². The molecule has 0 bridgehead atoms. The van der Waals surface area contributed by atoms with Gasteiger partial charge in [-0.15, -0.1) is 0 Å². The van der Waals surface area contributed by atoms with Gasteiger partial charge in [0.15, 0.2) is 5.82 Å². The van der Waals surface area contributed by atoms with Gasteiger partial charge in [0, 0.05) is 0 Å². The number of hydrogen-bond acceptors (Lipinski definition) is 5. The topological polar surface area (TPSA) is 83.0 Å². The van der Waals surface area contributed by atoms with Gasteiger partial charge in [0.1, 0.15) is 5.69 Å². The van der Waals surface area contributed by atoms with Crippen LogP contribution in [0.3, 0.4) is 0 Å². The molecule has 1 aromatic carbocycles. The van der Waals surface area contributed by atoms with Gasteiger partial charge in [-0.2, -0.15) is 15.2 Å². The molecule has 0 amide bonds. The highest BCUT2D eigenvalue weighted by atomic mass is 35.5. The first-order chi connectivity index (χ1) is 9.06. The number of nitrogens with zero attached hydrogens (tertiary/aromatic N) is 3. The van der Waals surface area contributed by atoms with E-state index in [1.165, 1.54) is 6.21 Å². The fraction of sp³-hybridized carbons (Fsp3) is 0.0909. The molecule has 0 unspecified atom stereocenters. The number of nitrogens with one attached hydrogen (secondary N) is 2. The molecule has 6 nitrogen and oxygen atoms in total. The van der Waals surface area contributed by atoms with Crippen LogP contribution in [0.1, 0.15) is 11.3 Å². The Kier molecular flexibility index (Phi) is 4.13. The zero-order valence-corrected chi connectivity index (χ0v) is 11.3. The Balaban J connectivity index is 2.13. The van der Waals surface area contributed by atoms with E-state index < -0.39 is 5.69 Å². The Morgan fingerprint density at radius 3 is 2.89 bits per heavy atom. The Morgan fingerprint density at radius 2 is 2.16 bits per heavy atom. The van der Waals surface area contributed by atoms with Crippen LogP contribution in [0, 0.1) is 6.92 Å². The van der Waals surface area contributed by atoms with Crippen molar-refractivity contribution in [2.24, 2.45) is 5.10 Å². The molecule has 2 rings (SSSR count). The number of benzene rings is 1. The van der Waals surface area contributed by atoms with Crippen molar-refractivity contribution in [2.45, 2.75) is 6.92 Å². The summed E-state index contributed by atoms with van der Waals surface area (Å²) in [7, 11) is 0. The summed E-state index contributed by atoms with van der Waals surface area (Å²) in [6.07, 6.45) is 1.53. The van der Waals surface area contributed by atoms with Crippen LogP contribution in [0.25, 0.3) is 0 Å². The second-order valence-corrected chi connectivity index (χ2v) is 4.43. The zero-order valence-electron chi connectivity index (χ0n) is 9.82. The number of anilines is 1. The van der Waals surface area contributed by atoms with E-state index in [1.54, 1.807) is 25.1 Å². The molecule has 0 aliphatic heterocycles. The Labute approximate surface area is 118 Å². The van der Waals surface area contributed by atoms with E-state index in [9.17, 15) is 4.79 Å². The third kappa shape index (κ3) is 3.52. The number of aromatic amines is 1. The van der Waals surface area contributed by atoms with Crippen LogP contribution < -0.4 is 11.1 Å². The lowest BCUT2D eigenvalue weighted by molar-refractivity contribution is 0.879. The molecule has 2 N–H and O–H groups in total. The monoisotopic (exact) mass is 297 g/mol. The normalized spacial score (nSPS) is 10.9. The highest BCUT2D eigenvalue weighted by Gasteiger charge is 2.00. The first kappa shape index (κ1) is 13.5. The molecule has 98 valence electrons. The van der Waals surface area contributed by atoms with E-state index in [-0.39, 0.29) is 0 Å². The SMILES string of the molecule is Cc1n[nH]c(=O)nc1N/N=C\c1ccc(Cl)c(Cl)c1. The summed E-state index contributed by atoms with van der Waals surface area (Å²) < 4.78 is 0. The van der Waals surface area contributed by atoms with Gasteiger partial charge in [0.05, 0.1) is 16.3 Å². The highest BCUT2D eigenvalue weighted by molar-refractivity contribution is 6.42. The van der Waals surface area contributed by atoms with Gasteiger partial charge in [0.25, 0.3) is 0 Å². The average molecular weight is 298 g/mol. The smallest absolute Gasteiger partial charge is 0.260 e. The molecule has 0 saturated heterocycles. The summed E-state index contributed by atoms with van der Waals surface area (Å²) in [6, 6.07) is 5.10. The molecule has 0 atom stereocenters. The lowest BCUT2D eigenvalue weighted by atomic mass is 10.2. The van der Waals surface area contributed by atoms with Crippen molar-refractivity contribution in [1.82, 2.24) is 15.2 Å². The van der Waals surface area contributed by atoms with Crippen molar-refractivity contribution in [2.75, 3.05) is 5.43 Å². The molecule has 0 fully saturated rings. The third-order valence-corrected chi connectivity index (χ3v) is 2.94. The first-order valence-electron chi connectivity index (χ1n) is 5.24. The average Bonchev–Trinajstić information content (AvgIpc) is 2.38. The second-order valence-electron chi connectivity index (χ2n) is 3.62. The van der Waals surface area contributed by atoms with Crippen molar-refractivity contribution in [3.8, 4) is 0 Å². The minimum atomic E-state index is -0.544. The van der Waals surface area contributed by atoms with Crippen molar-refractivity contribution in [1.29, 1.82) is 0 Å². The van der Waals surface area contributed by atoms with Crippen LogP contribution in [-0.2, 0) is 0 Å². The number of hydrazone groups is 1. The Morgan fingerprint density at radius 1 is 1.37 bits per heavy atom. The standard InChI is InChI=1S/C11H9Cl2N5O/c1-6-10(15-11(19)18-16-6)17-14-5-7-2-3-8(12)9(13)4-7/h2-5H,1H3,(H2,15,17,18,19)/b14-5-. The summed E-state index contributed by atoms with van der Waals surface area (Å²) in [5.74, 6) is 0.292. The third-order valence-electron chi connectivity index (χ3n) is 2.20. The molecule has 1 heterocycles. The maximum atomic E-state index is 11.0. The van der Waals surface area contributed by atoms with Crippen molar-refractivity contribution in [3.05, 3.63) is 50.0 Å². The lowest BCUT2D eigenvalue weighted by Crippen LogP contribution is -2.15. The summed E-state index contributed by atoms with van der Waals surface area (Å²) >= 11 is 11.7. The van der Waals surface area contributed by atoms with Crippen molar-refractivity contribution >= 4 is 35.2 Å². The molecule has 1 aromatic heterocycles. The number of rotatable bonds is 3. The highest BCUT2D eigenvalue weighted by Crippen LogP contribution is 2.21. The van der Waals surface area contributed by atoms with E-state index in [0.717, 1.165) is 5.56 Å². The van der Waals surface area contributed by atoms with Crippen LogP contribution in [-0.4, -0.2) is 21.4 Å². The van der Waals surface area contributed by atoms with Crippen LogP contribution >= 0.6 is 23.2 Å². The molecule has 0 saturated carbocycles. The van der Waals surface area contributed by atoms with E-state index >= 15 is 0 Å². The largest absolute Gasteiger partial charge is 0.363 e. The van der Waals surface area contributed by atoms with Gasteiger partial charge in [-0.1, -0.05) is 29.3 Å². The molecule has 0 aliphatic rings. The van der Waals surface area contributed by atoms with E-state index in [1.807, 2.05) is 0 Å². The van der Waals surface area contributed by atoms with Crippen LogP contribution in [0.15, 0.2) is 28.1 Å². The van der Waals surface area contributed by atoms with Crippen LogP contribution in [0.5, 0.6) is 0 Å². The molecule has 0 radical (unpaired) electrons. The summed E-state index contributed by atoms with van der Waals surface area (Å²) in [5.41, 5.74) is 3.39. The number of hydrogen-bond donors (Lipinski definition) is 2. The van der Waals surface area contributed by atoms with Gasteiger partial charge in [-0.25, -0.2) is 9.89 Å². The number of aromatic nitrogens is 3.